The molecule has 29 heavy (non-hydrogen) atoms. The first-order valence-corrected chi connectivity index (χ1v) is 10.3. The summed E-state index contributed by atoms with van der Waals surface area (Å²) in [5.41, 5.74) is 5.46. The number of carbonyl (C=O) groups is 1. The fraction of sp³-hybridized carbons (Fsp3) is 0.391. The molecule has 6 heteroatoms. The van der Waals surface area contributed by atoms with Gasteiger partial charge in [-0.3, -0.25) is 4.79 Å². The van der Waals surface area contributed by atoms with Crippen LogP contribution in [-0.2, 0) is 4.79 Å². The molecule has 1 unspecified atom stereocenters. The fourth-order valence-electron chi connectivity index (χ4n) is 3.47. The topological polar surface area (TPSA) is 47.9 Å². The maximum Gasteiger partial charge on any atom is 0.257 e. The highest BCUT2D eigenvalue weighted by atomic mass is 35.5. The van der Waals surface area contributed by atoms with Gasteiger partial charge >= 0.3 is 0 Å². The summed E-state index contributed by atoms with van der Waals surface area (Å²) in [7, 11) is 4.03. The summed E-state index contributed by atoms with van der Waals surface area (Å²) in [6, 6.07) is 13.9. The van der Waals surface area contributed by atoms with E-state index in [1.807, 2.05) is 38.4 Å². The van der Waals surface area contributed by atoms with Gasteiger partial charge in [-0.05, 0) is 57.3 Å². The Morgan fingerprint density at radius 3 is 2.62 bits per heavy atom. The van der Waals surface area contributed by atoms with Gasteiger partial charge in [0.05, 0.1) is 18.3 Å². The van der Waals surface area contributed by atoms with Crippen molar-refractivity contribution in [1.29, 1.82) is 0 Å². The van der Waals surface area contributed by atoms with Crippen molar-refractivity contribution in [2.24, 2.45) is 5.10 Å². The first-order valence-electron chi connectivity index (χ1n) is 9.93. The fourth-order valence-corrected chi connectivity index (χ4v) is 3.60. The second-order valence-corrected chi connectivity index (χ2v) is 8.29. The molecule has 1 N–H and O–H groups in total. The summed E-state index contributed by atoms with van der Waals surface area (Å²) < 4.78 is 0. The van der Waals surface area contributed by atoms with Crippen LogP contribution in [0.15, 0.2) is 47.6 Å². The molecule has 3 rings (SSSR count). The number of hydrogen-bond donors (Lipinski definition) is 1. The number of hydrogen-bond acceptors (Lipinski definition) is 4. The zero-order chi connectivity index (χ0) is 21.0. The van der Waals surface area contributed by atoms with Gasteiger partial charge in [0.2, 0.25) is 0 Å². The van der Waals surface area contributed by atoms with Crippen LogP contribution in [0.1, 0.15) is 34.7 Å². The molecular formula is C23H29ClN4O. The van der Waals surface area contributed by atoms with Gasteiger partial charge in [0.1, 0.15) is 0 Å². The van der Waals surface area contributed by atoms with Crippen LogP contribution in [-0.4, -0.2) is 55.3 Å². The number of carbonyl (C=O) groups excluding carboxylic acids is 1. The Bertz CT molecular complexity index is 892. The zero-order valence-electron chi connectivity index (χ0n) is 17.6. The number of amides is 1. The zero-order valence-corrected chi connectivity index (χ0v) is 18.3. The Labute approximate surface area is 178 Å². The number of nitrogens with zero attached hydrogens (tertiary/aromatic N) is 3. The largest absolute Gasteiger partial charge is 0.308 e. The van der Waals surface area contributed by atoms with Gasteiger partial charge in [0.15, 0.2) is 0 Å². The van der Waals surface area contributed by atoms with Gasteiger partial charge in [-0.15, -0.1) is 0 Å². The van der Waals surface area contributed by atoms with Crippen molar-refractivity contribution in [1.82, 2.24) is 15.2 Å². The Kier molecular flexibility index (Phi) is 7.06. The van der Waals surface area contributed by atoms with E-state index in [4.69, 9.17) is 16.7 Å². The molecule has 0 spiro atoms. The van der Waals surface area contributed by atoms with E-state index in [0.717, 1.165) is 29.9 Å². The molecule has 0 saturated heterocycles. The Hall–Kier alpha value is -2.21. The van der Waals surface area contributed by atoms with E-state index >= 15 is 0 Å². The smallest absolute Gasteiger partial charge is 0.257 e. The van der Waals surface area contributed by atoms with E-state index in [1.165, 1.54) is 11.1 Å². The van der Waals surface area contributed by atoms with E-state index in [0.29, 0.717) is 11.4 Å². The first kappa shape index (κ1) is 21.5. The third kappa shape index (κ3) is 5.44. The molecule has 154 valence electrons. The molecule has 0 aromatic heterocycles. The molecule has 0 bridgehead atoms. The minimum absolute atomic E-state index is 0.0241. The maximum absolute atomic E-state index is 13.0. The standard InChI is InChI=1S/C23H29ClN4O/c1-16-5-6-17(2)20(13-16)21-14-22(18-7-9-19(24)10-8-18)28(26-21)23(29)15-25-11-12-27(3)4/h5-10,13,22,25H,11-12,14-15H2,1-4H3. The average Bonchev–Trinajstić information content (AvgIpc) is 3.12. The maximum atomic E-state index is 13.0. The Morgan fingerprint density at radius 1 is 1.21 bits per heavy atom. The number of benzene rings is 2. The molecule has 1 heterocycles. The lowest BCUT2D eigenvalue weighted by atomic mass is 9.95. The molecule has 1 aliphatic heterocycles. The van der Waals surface area contributed by atoms with Gasteiger partial charge in [0, 0.05) is 30.1 Å². The minimum Gasteiger partial charge on any atom is -0.308 e. The second kappa shape index (κ2) is 9.53. The molecule has 0 aliphatic carbocycles. The summed E-state index contributed by atoms with van der Waals surface area (Å²) in [4.78, 5) is 15.1. The number of hydrazone groups is 1. The highest BCUT2D eigenvalue weighted by molar-refractivity contribution is 6.30. The summed E-state index contributed by atoms with van der Waals surface area (Å²) in [6.45, 7) is 6.06. The van der Waals surface area contributed by atoms with E-state index < -0.39 is 0 Å². The van der Waals surface area contributed by atoms with Gasteiger partial charge in [-0.2, -0.15) is 5.10 Å². The second-order valence-electron chi connectivity index (χ2n) is 7.85. The van der Waals surface area contributed by atoms with E-state index in [9.17, 15) is 4.79 Å². The predicted octanol–water partition coefficient (Wildman–Crippen LogP) is 3.79. The highest BCUT2D eigenvalue weighted by Gasteiger charge is 2.33. The Balaban J connectivity index is 1.84. The number of likely N-dealkylation sites (N-methyl/N-ethyl adjacent to an activating group) is 1. The number of aryl methyl sites for hydroxylation is 2. The SMILES string of the molecule is Cc1ccc(C)c(C2=NN(C(=O)CNCCN(C)C)C(c3ccc(Cl)cc3)C2)c1. The van der Waals surface area contributed by atoms with Gasteiger partial charge in [-0.25, -0.2) is 5.01 Å². The lowest BCUT2D eigenvalue weighted by Gasteiger charge is -2.22. The van der Waals surface area contributed by atoms with Crippen molar-refractivity contribution < 1.29 is 4.79 Å². The van der Waals surface area contributed by atoms with Crippen LogP contribution in [0.3, 0.4) is 0 Å². The highest BCUT2D eigenvalue weighted by Crippen LogP contribution is 2.34. The lowest BCUT2D eigenvalue weighted by Crippen LogP contribution is -2.37. The van der Waals surface area contributed by atoms with Crippen molar-refractivity contribution in [3.05, 3.63) is 69.7 Å². The van der Waals surface area contributed by atoms with Crippen LogP contribution in [0.25, 0.3) is 0 Å². The predicted molar refractivity (Wildman–Crippen MR) is 120 cm³/mol. The molecule has 5 nitrogen and oxygen atoms in total. The van der Waals surface area contributed by atoms with E-state index in [2.05, 4.69) is 42.3 Å². The Morgan fingerprint density at radius 2 is 1.93 bits per heavy atom. The average molecular weight is 413 g/mol. The first-order chi connectivity index (χ1) is 13.8. The van der Waals surface area contributed by atoms with Crippen molar-refractivity contribution >= 4 is 23.2 Å². The van der Waals surface area contributed by atoms with Crippen LogP contribution < -0.4 is 5.32 Å². The van der Waals surface area contributed by atoms with Crippen LogP contribution in [0, 0.1) is 13.8 Å². The van der Waals surface area contributed by atoms with Crippen LogP contribution in [0.4, 0.5) is 0 Å². The molecule has 0 fully saturated rings. The van der Waals surface area contributed by atoms with Gasteiger partial charge < -0.3 is 10.2 Å². The van der Waals surface area contributed by atoms with E-state index in [-0.39, 0.29) is 18.5 Å². The summed E-state index contributed by atoms with van der Waals surface area (Å²) in [5, 5.41) is 10.3. The van der Waals surface area contributed by atoms with Gasteiger partial charge in [-0.1, -0.05) is 41.4 Å². The monoisotopic (exact) mass is 412 g/mol. The number of rotatable bonds is 7. The molecule has 2 aromatic rings. The van der Waals surface area contributed by atoms with Gasteiger partial charge in [0.25, 0.3) is 5.91 Å². The van der Waals surface area contributed by atoms with Crippen molar-refractivity contribution in [3.63, 3.8) is 0 Å². The third-order valence-corrected chi connectivity index (χ3v) is 5.39. The molecule has 1 amide bonds. The lowest BCUT2D eigenvalue weighted by molar-refractivity contribution is -0.132. The molecule has 2 aromatic carbocycles. The number of nitrogens with one attached hydrogen (secondary N) is 1. The molecule has 0 saturated carbocycles. The molecule has 1 aliphatic rings. The normalized spacial score (nSPS) is 16.4. The van der Waals surface area contributed by atoms with Crippen LogP contribution in [0.5, 0.6) is 0 Å². The quantitative estimate of drug-likeness (QED) is 0.704. The molecule has 1 atom stereocenters. The summed E-state index contributed by atoms with van der Waals surface area (Å²) in [6.07, 6.45) is 0.690. The summed E-state index contributed by atoms with van der Waals surface area (Å²) >= 11 is 6.07. The third-order valence-electron chi connectivity index (χ3n) is 5.14. The number of halogens is 1. The van der Waals surface area contributed by atoms with E-state index in [1.54, 1.807) is 5.01 Å². The van der Waals surface area contributed by atoms with Crippen LogP contribution in [0.2, 0.25) is 5.02 Å². The molecule has 0 radical (unpaired) electrons. The van der Waals surface area contributed by atoms with Crippen molar-refractivity contribution in [2.75, 3.05) is 33.7 Å². The summed E-state index contributed by atoms with van der Waals surface area (Å²) in [5.74, 6) is -0.0241. The van der Waals surface area contributed by atoms with Crippen LogP contribution >= 0.6 is 11.6 Å². The van der Waals surface area contributed by atoms with Crippen molar-refractivity contribution in [2.45, 2.75) is 26.3 Å². The minimum atomic E-state index is -0.120. The molecular weight excluding hydrogens is 384 g/mol. The van der Waals surface area contributed by atoms with Crippen molar-refractivity contribution in [3.8, 4) is 0 Å².